The van der Waals surface area contributed by atoms with Gasteiger partial charge in [0.1, 0.15) is 11.6 Å². The molecule has 1 fully saturated rings. The average molecular weight is 297 g/mol. The molecule has 20 heavy (non-hydrogen) atoms. The Balaban J connectivity index is 2.14. The van der Waals surface area contributed by atoms with Crippen LogP contribution in [0.3, 0.4) is 0 Å². The van der Waals surface area contributed by atoms with E-state index in [1.165, 1.54) is 0 Å². The molecule has 0 spiro atoms. The van der Waals surface area contributed by atoms with Crippen LogP contribution >= 0.6 is 11.6 Å². The van der Waals surface area contributed by atoms with Crippen LogP contribution in [0.1, 0.15) is 25.3 Å². The molecule has 0 bridgehead atoms. The minimum absolute atomic E-state index is 0.333. The van der Waals surface area contributed by atoms with Crippen LogP contribution in [0.25, 0.3) is 0 Å². The summed E-state index contributed by atoms with van der Waals surface area (Å²) in [6.45, 7) is 3.35. The topological polar surface area (TPSA) is 64.4 Å². The van der Waals surface area contributed by atoms with Gasteiger partial charge in [0, 0.05) is 24.3 Å². The fraction of sp³-hybridized carbons (Fsp3) is 0.533. The second-order valence-corrected chi connectivity index (χ2v) is 5.88. The first kappa shape index (κ1) is 15.3. The van der Waals surface area contributed by atoms with Gasteiger partial charge < -0.3 is 15.8 Å². The summed E-state index contributed by atoms with van der Waals surface area (Å²) in [6.07, 6.45) is 2.30. The minimum Gasteiger partial charge on any atom is -0.457 e. The highest BCUT2D eigenvalue weighted by Gasteiger charge is 2.36. The summed E-state index contributed by atoms with van der Waals surface area (Å²) in [5.74, 6) is -0.333. The van der Waals surface area contributed by atoms with E-state index in [1.807, 2.05) is 24.3 Å². The van der Waals surface area contributed by atoms with Crippen molar-refractivity contribution >= 4 is 17.6 Å². The molecule has 1 aliphatic heterocycles. The summed E-state index contributed by atoms with van der Waals surface area (Å²) in [7, 11) is 0. The molecule has 4 nitrogen and oxygen atoms in total. The highest BCUT2D eigenvalue weighted by atomic mass is 35.5. The predicted molar refractivity (Wildman–Crippen MR) is 79.7 cm³/mol. The van der Waals surface area contributed by atoms with Crippen LogP contribution in [-0.4, -0.2) is 30.7 Å². The molecule has 0 radical (unpaired) electrons. The van der Waals surface area contributed by atoms with E-state index < -0.39 is 11.6 Å². The first-order valence-electron chi connectivity index (χ1n) is 6.94. The summed E-state index contributed by atoms with van der Waals surface area (Å²) in [5.41, 5.74) is 6.28. The number of nitrogens with two attached hydrogens (primary N) is 1. The molecule has 3 N–H and O–H groups in total. The summed E-state index contributed by atoms with van der Waals surface area (Å²) in [5, 5.41) is 4.00. The molecular formula is C15H21ClN2O2. The Morgan fingerprint density at radius 2 is 2.00 bits per heavy atom. The normalized spacial score (nSPS) is 19.4. The van der Waals surface area contributed by atoms with Gasteiger partial charge in [-0.1, -0.05) is 23.7 Å². The van der Waals surface area contributed by atoms with Crippen LogP contribution in [0.2, 0.25) is 5.02 Å². The van der Waals surface area contributed by atoms with Gasteiger partial charge in [0.15, 0.2) is 0 Å². The molecule has 1 aromatic rings. The smallest absolute Gasteiger partial charge is 0.323 e. The molecule has 1 aromatic carbocycles. The Labute approximate surface area is 124 Å². The summed E-state index contributed by atoms with van der Waals surface area (Å²) in [4.78, 5) is 11.9. The quantitative estimate of drug-likeness (QED) is 0.833. The summed E-state index contributed by atoms with van der Waals surface area (Å²) < 4.78 is 5.74. The van der Waals surface area contributed by atoms with E-state index >= 15 is 0 Å². The zero-order valence-corrected chi connectivity index (χ0v) is 12.5. The Kier molecular flexibility index (Phi) is 5.02. The lowest BCUT2D eigenvalue weighted by Crippen LogP contribution is -2.49. The van der Waals surface area contributed by atoms with E-state index in [0.717, 1.165) is 31.5 Å². The van der Waals surface area contributed by atoms with Crippen molar-refractivity contribution < 1.29 is 9.53 Å². The zero-order chi connectivity index (χ0) is 14.6. The number of ether oxygens (including phenoxy) is 1. The highest BCUT2D eigenvalue weighted by Crippen LogP contribution is 2.29. The van der Waals surface area contributed by atoms with E-state index in [9.17, 15) is 4.79 Å². The maximum atomic E-state index is 11.9. The van der Waals surface area contributed by atoms with E-state index in [0.29, 0.717) is 11.4 Å². The van der Waals surface area contributed by atoms with Crippen LogP contribution in [0.15, 0.2) is 24.3 Å². The standard InChI is InChI=1S/C15H21ClN2O2/c1-11(17)14(19)20-15(6-8-18-9-7-15)10-12-2-4-13(16)5-3-12/h2-5,11,18H,6-10,17H2,1H3. The molecule has 0 aromatic heterocycles. The Morgan fingerprint density at radius 1 is 1.40 bits per heavy atom. The molecule has 1 saturated heterocycles. The number of carbonyl (C=O) groups excluding carboxylic acids is 1. The Morgan fingerprint density at radius 3 is 2.55 bits per heavy atom. The first-order chi connectivity index (χ1) is 9.51. The van der Waals surface area contributed by atoms with E-state index in [-0.39, 0.29) is 5.97 Å². The second kappa shape index (κ2) is 6.57. The number of hydrogen-bond acceptors (Lipinski definition) is 4. The number of esters is 1. The maximum absolute atomic E-state index is 11.9. The van der Waals surface area contributed by atoms with Gasteiger partial charge >= 0.3 is 5.97 Å². The fourth-order valence-corrected chi connectivity index (χ4v) is 2.60. The first-order valence-corrected chi connectivity index (χ1v) is 7.32. The molecule has 1 atom stereocenters. The summed E-state index contributed by atoms with van der Waals surface area (Å²) in [6, 6.07) is 7.09. The molecule has 110 valence electrons. The molecular weight excluding hydrogens is 276 g/mol. The molecule has 5 heteroatoms. The van der Waals surface area contributed by atoms with Crippen LogP contribution < -0.4 is 11.1 Å². The number of nitrogens with one attached hydrogen (secondary N) is 1. The van der Waals surface area contributed by atoms with Gasteiger partial charge in [0.05, 0.1) is 0 Å². The third kappa shape index (κ3) is 3.95. The monoisotopic (exact) mass is 296 g/mol. The average Bonchev–Trinajstić information content (AvgIpc) is 2.42. The lowest BCUT2D eigenvalue weighted by Gasteiger charge is -2.37. The van der Waals surface area contributed by atoms with Crippen molar-refractivity contribution in [1.29, 1.82) is 0 Å². The third-order valence-electron chi connectivity index (χ3n) is 3.64. The lowest BCUT2D eigenvalue weighted by molar-refractivity contribution is -0.163. The highest BCUT2D eigenvalue weighted by molar-refractivity contribution is 6.30. The van der Waals surface area contributed by atoms with Crippen molar-refractivity contribution in [2.24, 2.45) is 5.73 Å². The minimum atomic E-state index is -0.591. The van der Waals surface area contributed by atoms with E-state index in [1.54, 1.807) is 6.92 Å². The van der Waals surface area contributed by atoms with Gasteiger partial charge in [-0.25, -0.2) is 0 Å². The molecule has 0 amide bonds. The lowest BCUT2D eigenvalue weighted by atomic mass is 9.85. The van der Waals surface area contributed by atoms with Crippen LogP contribution in [0, 0.1) is 0 Å². The molecule has 1 heterocycles. The number of rotatable bonds is 4. The number of carbonyl (C=O) groups is 1. The van der Waals surface area contributed by atoms with Gasteiger partial charge in [-0.3, -0.25) is 4.79 Å². The molecule has 1 unspecified atom stereocenters. The number of piperidine rings is 1. The molecule has 1 aliphatic rings. The van der Waals surface area contributed by atoms with Crippen LogP contribution in [0.4, 0.5) is 0 Å². The third-order valence-corrected chi connectivity index (χ3v) is 3.90. The van der Waals surface area contributed by atoms with Crippen LogP contribution in [0.5, 0.6) is 0 Å². The molecule has 2 rings (SSSR count). The van der Waals surface area contributed by atoms with Crippen molar-refractivity contribution in [1.82, 2.24) is 5.32 Å². The van der Waals surface area contributed by atoms with Gasteiger partial charge in [-0.05, 0) is 37.7 Å². The van der Waals surface area contributed by atoms with Crippen molar-refractivity contribution in [3.63, 3.8) is 0 Å². The second-order valence-electron chi connectivity index (χ2n) is 5.45. The number of hydrogen-bond donors (Lipinski definition) is 2. The van der Waals surface area contributed by atoms with Gasteiger partial charge in [-0.15, -0.1) is 0 Å². The van der Waals surface area contributed by atoms with Crippen LogP contribution in [-0.2, 0) is 16.0 Å². The predicted octanol–water partition coefficient (Wildman–Crippen LogP) is 1.90. The van der Waals surface area contributed by atoms with Gasteiger partial charge in [-0.2, -0.15) is 0 Å². The maximum Gasteiger partial charge on any atom is 0.323 e. The SMILES string of the molecule is CC(N)C(=O)OC1(Cc2ccc(Cl)cc2)CCNCC1. The molecule has 0 aliphatic carbocycles. The van der Waals surface area contributed by atoms with Crippen molar-refractivity contribution in [2.45, 2.75) is 37.8 Å². The van der Waals surface area contributed by atoms with Gasteiger partial charge in [0.25, 0.3) is 0 Å². The zero-order valence-electron chi connectivity index (χ0n) is 11.7. The van der Waals surface area contributed by atoms with Crippen molar-refractivity contribution in [3.8, 4) is 0 Å². The number of halogens is 1. The summed E-state index contributed by atoms with van der Waals surface area (Å²) >= 11 is 5.90. The van der Waals surface area contributed by atoms with E-state index in [2.05, 4.69) is 5.32 Å². The fourth-order valence-electron chi connectivity index (χ4n) is 2.48. The van der Waals surface area contributed by atoms with E-state index in [4.69, 9.17) is 22.1 Å². The molecule has 0 saturated carbocycles. The largest absolute Gasteiger partial charge is 0.457 e. The van der Waals surface area contributed by atoms with Gasteiger partial charge in [0.2, 0.25) is 0 Å². The van der Waals surface area contributed by atoms with Crippen molar-refractivity contribution in [3.05, 3.63) is 34.9 Å². The van der Waals surface area contributed by atoms with Crippen molar-refractivity contribution in [2.75, 3.05) is 13.1 Å². The Bertz CT molecular complexity index is 453. The number of benzene rings is 1. The Hall–Kier alpha value is -1.10.